The third-order valence-corrected chi connectivity index (χ3v) is 7.63. The molecule has 0 radical (unpaired) electrons. The van der Waals surface area contributed by atoms with Gasteiger partial charge in [-0.1, -0.05) is 60.7 Å². The summed E-state index contributed by atoms with van der Waals surface area (Å²) in [6, 6.07) is 18.6. The molecule has 0 saturated heterocycles. The molecule has 0 aliphatic rings. The van der Waals surface area contributed by atoms with Gasteiger partial charge in [0.15, 0.2) is 0 Å². The minimum Gasteiger partial charge on any atom is -0.413 e. The van der Waals surface area contributed by atoms with E-state index in [4.69, 9.17) is 4.12 Å². The van der Waals surface area contributed by atoms with E-state index in [1.54, 1.807) is 6.55 Å². The average molecular weight is 276 g/mol. The molecule has 2 N–H and O–H groups in total. The Morgan fingerprint density at radius 2 is 1.28 bits per heavy atom. The van der Waals surface area contributed by atoms with E-state index < -0.39 is 17.8 Å². The predicted molar refractivity (Wildman–Crippen MR) is 76.4 cm³/mol. The summed E-state index contributed by atoms with van der Waals surface area (Å²) in [7, 11) is -5.58. The standard InChI is InChI=1S/C13H16O3Si2/c1-17(14)16-18(15,12-8-4-2-5-9-12)13-10-6-3-7-11-13/h2-11,14-15,17H,1H3. The molecule has 2 aromatic carbocycles. The third kappa shape index (κ3) is 2.77. The SMILES string of the molecule is C[SiH](O)O[Si](O)(c1ccccc1)c1ccccc1. The summed E-state index contributed by atoms with van der Waals surface area (Å²) >= 11 is 0. The van der Waals surface area contributed by atoms with Gasteiger partial charge < -0.3 is 13.7 Å². The fourth-order valence-electron chi connectivity index (χ4n) is 1.88. The molecule has 0 aliphatic heterocycles. The smallest absolute Gasteiger partial charge is 0.395 e. The monoisotopic (exact) mass is 276 g/mol. The van der Waals surface area contributed by atoms with Crippen LogP contribution < -0.4 is 10.4 Å². The Balaban J connectivity index is 2.48. The highest BCUT2D eigenvalue weighted by molar-refractivity contribution is 6.94. The van der Waals surface area contributed by atoms with Crippen molar-refractivity contribution in [1.29, 1.82) is 0 Å². The van der Waals surface area contributed by atoms with Crippen LogP contribution in [0, 0.1) is 0 Å². The van der Waals surface area contributed by atoms with Crippen LogP contribution >= 0.6 is 0 Å². The lowest BCUT2D eigenvalue weighted by atomic mass is 10.4. The van der Waals surface area contributed by atoms with Gasteiger partial charge in [0.25, 0.3) is 0 Å². The van der Waals surface area contributed by atoms with Crippen molar-refractivity contribution in [2.75, 3.05) is 0 Å². The summed E-state index contributed by atoms with van der Waals surface area (Å²) in [5.41, 5.74) is 0. The zero-order valence-electron chi connectivity index (χ0n) is 10.2. The fourth-order valence-corrected chi connectivity index (χ4v) is 6.56. The maximum Gasteiger partial charge on any atom is 0.395 e. The van der Waals surface area contributed by atoms with Gasteiger partial charge in [-0.05, 0) is 16.9 Å². The van der Waals surface area contributed by atoms with Crippen molar-refractivity contribution < 1.29 is 13.7 Å². The number of hydrogen-bond acceptors (Lipinski definition) is 3. The van der Waals surface area contributed by atoms with E-state index in [0.29, 0.717) is 0 Å². The number of hydrogen-bond donors (Lipinski definition) is 2. The Morgan fingerprint density at radius 3 is 1.61 bits per heavy atom. The van der Waals surface area contributed by atoms with Crippen LogP contribution in [0.25, 0.3) is 0 Å². The van der Waals surface area contributed by atoms with E-state index in [1.165, 1.54) is 0 Å². The summed E-state index contributed by atoms with van der Waals surface area (Å²) < 4.78 is 5.60. The zero-order chi connectivity index (χ0) is 13.0. The molecule has 2 aromatic rings. The quantitative estimate of drug-likeness (QED) is 0.779. The molecule has 3 nitrogen and oxygen atoms in total. The van der Waals surface area contributed by atoms with E-state index in [2.05, 4.69) is 0 Å². The first kappa shape index (κ1) is 13.2. The first-order valence-corrected chi connectivity index (χ1v) is 9.82. The molecule has 5 heteroatoms. The molecule has 0 aliphatic carbocycles. The zero-order valence-corrected chi connectivity index (χ0v) is 12.3. The van der Waals surface area contributed by atoms with Crippen molar-refractivity contribution in [2.45, 2.75) is 6.55 Å². The first-order chi connectivity index (χ1) is 8.63. The molecule has 1 atom stereocenters. The lowest BCUT2D eigenvalue weighted by molar-refractivity contribution is 0.356. The van der Waals surface area contributed by atoms with Crippen LogP contribution in [0.3, 0.4) is 0 Å². The lowest BCUT2D eigenvalue weighted by Crippen LogP contribution is -2.63. The van der Waals surface area contributed by atoms with Crippen molar-refractivity contribution in [3.8, 4) is 0 Å². The molecular formula is C13H16O3Si2. The molecule has 0 fully saturated rings. The van der Waals surface area contributed by atoms with Gasteiger partial charge in [-0.2, -0.15) is 0 Å². The van der Waals surface area contributed by atoms with Crippen LogP contribution in [0.4, 0.5) is 0 Å². The fraction of sp³-hybridized carbons (Fsp3) is 0.0769. The molecule has 0 amide bonds. The van der Waals surface area contributed by atoms with Crippen molar-refractivity contribution in [3.63, 3.8) is 0 Å². The van der Waals surface area contributed by atoms with E-state index in [1.807, 2.05) is 60.7 Å². The Labute approximate surface area is 109 Å². The summed E-state index contributed by atoms with van der Waals surface area (Å²) in [6.45, 7) is 1.64. The van der Waals surface area contributed by atoms with Gasteiger partial charge in [0.2, 0.25) is 0 Å². The van der Waals surface area contributed by atoms with E-state index in [0.717, 1.165) is 10.4 Å². The van der Waals surface area contributed by atoms with Gasteiger partial charge in [-0.15, -0.1) is 0 Å². The van der Waals surface area contributed by atoms with Crippen LogP contribution in [0.5, 0.6) is 0 Å². The van der Waals surface area contributed by atoms with Gasteiger partial charge in [0.05, 0.1) is 0 Å². The summed E-state index contributed by atoms with van der Waals surface area (Å²) in [5.74, 6) is 0. The minimum absolute atomic E-state index is 0.754. The second kappa shape index (κ2) is 5.60. The van der Waals surface area contributed by atoms with Crippen molar-refractivity contribution in [1.82, 2.24) is 0 Å². The van der Waals surface area contributed by atoms with Crippen molar-refractivity contribution in [2.24, 2.45) is 0 Å². The van der Waals surface area contributed by atoms with Crippen LogP contribution in [-0.4, -0.2) is 27.4 Å². The summed E-state index contributed by atoms with van der Waals surface area (Å²) in [5, 5.41) is 1.51. The second-order valence-electron chi connectivity index (χ2n) is 4.09. The van der Waals surface area contributed by atoms with E-state index in [-0.39, 0.29) is 0 Å². The second-order valence-corrected chi connectivity index (χ2v) is 8.68. The van der Waals surface area contributed by atoms with Gasteiger partial charge in [0, 0.05) is 0 Å². The topological polar surface area (TPSA) is 49.7 Å². The summed E-state index contributed by atoms with van der Waals surface area (Å²) in [6.07, 6.45) is 0. The molecule has 0 saturated carbocycles. The van der Waals surface area contributed by atoms with Crippen molar-refractivity contribution in [3.05, 3.63) is 60.7 Å². The molecule has 2 rings (SSSR count). The lowest BCUT2D eigenvalue weighted by Gasteiger charge is -2.27. The minimum atomic E-state index is -3.25. The highest BCUT2D eigenvalue weighted by Gasteiger charge is 2.39. The molecule has 1 unspecified atom stereocenters. The summed E-state index contributed by atoms with van der Waals surface area (Å²) in [4.78, 5) is 20.5. The molecule has 0 spiro atoms. The van der Waals surface area contributed by atoms with Gasteiger partial charge in [-0.3, -0.25) is 0 Å². The van der Waals surface area contributed by atoms with Crippen LogP contribution in [-0.2, 0) is 4.12 Å². The van der Waals surface area contributed by atoms with Crippen molar-refractivity contribution >= 4 is 28.2 Å². The third-order valence-electron chi connectivity index (χ3n) is 2.67. The normalized spacial score (nSPS) is 13.3. The molecule has 0 aromatic heterocycles. The largest absolute Gasteiger partial charge is 0.413 e. The Bertz CT molecular complexity index is 449. The predicted octanol–water partition coefficient (Wildman–Crippen LogP) is 0.0945. The Hall–Kier alpha value is -1.25. The maximum absolute atomic E-state index is 10.9. The van der Waals surface area contributed by atoms with Gasteiger partial charge >= 0.3 is 17.8 Å². The van der Waals surface area contributed by atoms with Crippen LogP contribution in [0.15, 0.2) is 60.7 Å². The first-order valence-electron chi connectivity index (χ1n) is 5.82. The van der Waals surface area contributed by atoms with Crippen LogP contribution in [0.1, 0.15) is 0 Å². The molecule has 0 bridgehead atoms. The van der Waals surface area contributed by atoms with Crippen LogP contribution in [0.2, 0.25) is 6.55 Å². The van der Waals surface area contributed by atoms with E-state index in [9.17, 15) is 9.59 Å². The molecule has 18 heavy (non-hydrogen) atoms. The number of benzene rings is 2. The number of rotatable bonds is 4. The Morgan fingerprint density at radius 1 is 0.889 bits per heavy atom. The highest BCUT2D eigenvalue weighted by Crippen LogP contribution is 2.05. The van der Waals surface area contributed by atoms with Gasteiger partial charge in [0.1, 0.15) is 0 Å². The Kier molecular flexibility index (Phi) is 4.10. The molecule has 0 heterocycles. The molecular weight excluding hydrogens is 260 g/mol. The van der Waals surface area contributed by atoms with E-state index >= 15 is 0 Å². The molecule has 94 valence electrons. The van der Waals surface area contributed by atoms with Gasteiger partial charge in [-0.25, -0.2) is 0 Å². The highest BCUT2D eigenvalue weighted by atomic mass is 28.4. The maximum atomic E-state index is 10.9. The average Bonchev–Trinajstić information content (AvgIpc) is 2.40.